The summed E-state index contributed by atoms with van der Waals surface area (Å²) < 4.78 is 0. The van der Waals surface area contributed by atoms with Gasteiger partial charge in [-0.15, -0.1) is 11.3 Å². The predicted molar refractivity (Wildman–Crippen MR) is 82.0 cm³/mol. The molecule has 0 saturated carbocycles. The standard InChI is InChI=1S/C16H17N3S/c1-11-6-7-14(20-11)10-18-16-13(9-17)8-12-4-2-3-5-15(12)19-16/h6-8H,2-5,10H2,1H3,(H,18,19). The van der Waals surface area contributed by atoms with Crippen LogP contribution < -0.4 is 5.32 Å². The average Bonchev–Trinajstić information content (AvgIpc) is 2.89. The van der Waals surface area contributed by atoms with Crippen molar-refractivity contribution in [3.63, 3.8) is 0 Å². The van der Waals surface area contributed by atoms with Gasteiger partial charge in [0.15, 0.2) is 0 Å². The van der Waals surface area contributed by atoms with Gasteiger partial charge in [0.2, 0.25) is 0 Å². The fourth-order valence-corrected chi connectivity index (χ4v) is 3.43. The van der Waals surface area contributed by atoms with E-state index in [2.05, 4.69) is 35.4 Å². The van der Waals surface area contributed by atoms with Gasteiger partial charge < -0.3 is 5.32 Å². The Kier molecular flexibility index (Phi) is 3.70. The van der Waals surface area contributed by atoms with Crippen LogP contribution >= 0.6 is 11.3 Å². The molecule has 2 heterocycles. The first-order valence-electron chi connectivity index (χ1n) is 6.98. The second-order valence-electron chi connectivity index (χ2n) is 5.18. The molecule has 0 amide bonds. The van der Waals surface area contributed by atoms with Crippen LogP contribution in [0.2, 0.25) is 0 Å². The number of nitriles is 1. The van der Waals surface area contributed by atoms with E-state index in [0.29, 0.717) is 5.56 Å². The van der Waals surface area contributed by atoms with E-state index in [1.807, 2.05) is 6.07 Å². The van der Waals surface area contributed by atoms with Crippen LogP contribution in [0.3, 0.4) is 0 Å². The fraction of sp³-hybridized carbons (Fsp3) is 0.375. The minimum absolute atomic E-state index is 0.666. The number of aryl methyl sites for hydroxylation is 3. The van der Waals surface area contributed by atoms with Gasteiger partial charge in [-0.1, -0.05) is 0 Å². The first kappa shape index (κ1) is 13.1. The van der Waals surface area contributed by atoms with Crippen LogP contribution in [0.5, 0.6) is 0 Å². The van der Waals surface area contributed by atoms with Crippen LogP contribution in [0.4, 0.5) is 5.82 Å². The maximum Gasteiger partial charge on any atom is 0.144 e. The van der Waals surface area contributed by atoms with Crippen LogP contribution in [-0.2, 0) is 19.4 Å². The van der Waals surface area contributed by atoms with E-state index < -0.39 is 0 Å². The van der Waals surface area contributed by atoms with Gasteiger partial charge in [-0.05, 0) is 56.4 Å². The van der Waals surface area contributed by atoms with Crippen LogP contribution in [0.15, 0.2) is 18.2 Å². The van der Waals surface area contributed by atoms with Gasteiger partial charge in [0.1, 0.15) is 11.9 Å². The number of pyridine rings is 1. The monoisotopic (exact) mass is 283 g/mol. The van der Waals surface area contributed by atoms with Crippen molar-refractivity contribution < 1.29 is 0 Å². The van der Waals surface area contributed by atoms with E-state index in [9.17, 15) is 5.26 Å². The minimum atomic E-state index is 0.666. The van der Waals surface area contributed by atoms with Gasteiger partial charge in [0, 0.05) is 15.4 Å². The van der Waals surface area contributed by atoms with Crippen molar-refractivity contribution in [1.29, 1.82) is 5.26 Å². The summed E-state index contributed by atoms with van der Waals surface area (Å²) in [5.74, 6) is 0.735. The van der Waals surface area contributed by atoms with Crippen LogP contribution in [-0.4, -0.2) is 4.98 Å². The SMILES string of the molecule is Cc1ccc(CNc2nc3c(cc2C#N)CCCC3)s1. The molecule has 4 heteroatoms. The molecule has 0 atom stereocenters. The zero-order valence-corrected chi connectivity index (χ0v) is 12.4. The summed E-state index contributed by atoms with van der Waals surface area (Å²) in [4.78, 5) is 7.25. The van der Waals surface area contributed by atoms with E-state index in [-0.39, 0.29) is 0 Å². The van der Waals surface area contributed by atoms with Crippen molar-refractivity contribution in [2.24, 2.45) is 0 Å². The van der Waals surface area contributed by atoms with Crippen molar-refractivity contribution in [3.8, 4) is 6.07 Å². The molecule has 0 bridgehead atoms. The van der Waals surface area contributed by atoms with Crippen molar-refractivity contribution in [2.75, 3.05) is 5.32 Å². The number of aromatic nitrogens is 1. The second-order valence-corrected chi connectivity index (χ2v) is 6.55. The van der Waals surface area contributed by atoms with Gasteiger partial charge in [-0.2, -0.15) is 5.26 Å². The first-order valence-corrected chi connectivity index (χ1v) is 7.80. The zero-order valence-electron chi connectivity index (χ0n) is 11.6. The van der Waals surface area contributed by atoms with Crippen LogP contribution in [0.1, 0.15) is 39.4 Å². The molecule has 1 aliphatic rings. The Hall–Kier alpha value is -1.86. The molecular formula is C16H17N3S. The molecule has 2 aromatic heterocycles. The van der Waals surface area contributed by atoms with Crippen LogP contribution in [0, 0.1) is 18.3 Å². The minimum Gasteiger partial charge on any atom is -0.364 e. The van der Waals surface area contributed by atoms with Gasteiger partial charge in [-0.25, -0.2) is 4.98 Å². The normalized spacial score (nSPS) is 13.6. The van der Waals surface area contributed by atoms with E-state index in [0.717, 1.165) is 25.2 Å². The lowest BCUT2D eigenvalue weighted by atomic mass is 9.95. The van der Waals surface area contributed by atoms with Gasteiger partial charge in [-0.3, -0.25) is 0 Å². The maximum atomic E-state index is 9.29. The maximum absolute atomic E-state index is 9.29. The zero-order chi connectivity index (χ0) is 13.9. The Balaban J connectivity index is 1.83. The summed E-state index contributed by atoms with van der Waals surface area (Å²) in [7, 11) is 0. The molecule has 0 saturated heterocycles. The lowest BCUT2D eigenvalue weighted by Gasteiger charge is -2.17. The number of fused-ring (bicyclic) bond motifs is 1. The molecule has 1 N–H and O–H groups in total. The van der Waals surface area contributed by atoms with Gasteiger partial charge in [0.05, 0.1) is 12.1 Å². The van der Waals surface area contributed by atoms with Gasteiger partial charge >= 0.3 is 0 Å². The number of rotatable bonds is 3. The van der Waals surface area contributed by atoms with Crippen molar-refractivity contribution in [2.45, 2.75) is 39.2 Å². The summed E-state index contributed by atoms with van der Waals surface area (Å²) in [6, 6.07) is 8.52. The molecule has 3 rings (SSSR count). The topological polar surface area (TPSA) is 48.7 Å². The third-order valence-corrected chi connectivity index (χ3v) is 4.65. The first-order chi connectivity index (χ1) is 9.76. The highest BCUT2D eigenvalue weighted by atomic mass is 32.1. The predicted octanol–water partition coefficient (Wildman–Crippen LogP) is 3.81. The lowest BCUT2D eigenvalue weighted by Crippen LogP contribution is -2.10. The van der Waals surface area contributed by atoms with Crippen molar-refractivity contribution >= 4 is 17.2 Å². The molecule has 0 aliphatic heterocycles. The molecule has 1 aliphatic carbocycles. The fourth-order valence-electron chi connectivity index (χ4n) is 2.60. The third-order valence-electron chi connectivity index (χ3n) is 3.65. The summed E-state index contributed by atoms with van der Waals surface area (Å²) in [5.41, 5.74) is 3.09. The molecule has 2 aromatic rings. The van der Waals surface area contributed by atoms with Gasteiger partial charge in [0.25, 0.3) is 0 Å². The molecule has 0 unspecified atom stereocenters. The van der Waals surface area contributed by atoms with Crippen molar-refractivity contribution in [1.82, 2.24) is 4.98 Å². The molecule has 0 aromatic carbocycles. The number of nitrogens with one attached hydrogen (secondary N) is 1. The number of anilines is 1. The second kappa shape index (κ2) is 5.64. The average molecular weight is 283 g/mol. The molecule has 3 nitrogen and oxygen atoms in total. The highest BCUT2D eigenvalue weighted by Crippen LogP contribution is 2.25. The Morgan fingerprint density at radius 2 is 2.20 bits per heavy atom. The molecule has 102 valence electrons. The molecule has 0 spiro atoms. The largest absolute Gasteiger partial charge is 0.364 e. The quantitative estimate of drug-likeness (QED) is 0.931. The summed E-state index contributed by atoms with van der Waals surface area (Å²) in [6.45, 7) is 2.84. The summed E-state index contributed by atoms with van der Waals surface area (Å²) in [5, 5.41) is 12.6. The Bertz CT molecular complexity index is 667. The van der Waals surface area contributed by atoms with Crippen LogP contribution in [0.25, 0.3) is 0 Å². The Morgan fingerprint density at radius 3 is 2.95 bits per heavy atom. The number of hydrogen-bond donors (Lipinski definition) is 1. The van der Waals surface area contributed by atoms with Crippen molar-refractivity contribution in [3.05, 3.63) is 44.8 Å². The van der Waals surface area contributed by atoms with E-state index in [1.165, 1.54) is 33.9 Å². The smallest absolute Gasteiger partial charge is 0.144 e. The Morgan fingerprint density at radius 1 is 1.35 bits per heavy atom. The molecule has 0 radical (unpaired) electrons. The molecule has 0 fully saturated rings. The highest BCUT2D eigenvalue weighted by molar-refractivity contribution is 7.11. The molecular weight excluding hydrogens is 266 g/mol. The number of nitrogens with zero attached hydrogens (tertiary/aromatic N) is 2. The molecule has 20 heavy (non-hydrogen) atoms. The third kappa shape index (κ3) is 2.68. The summed E-state index contributed by atoms with van der Waals surface area (Å²) >= 11 is 1.78. The highest BCUT2D eigenvalue weighted by Gasteiger charge is 2.15. The number of thiophene rings is 1. The Labute approximate surface area is 123 Å². The lowest BCUT2D eigenvalue weighted by molar-refractivity contribution is 0.668. The summed E-state index contributed by atoms with van der Waals surface area (Å²) in [6.07, 6.45) is 4.51. The van der Waals surface area contributed by atoms with E-state index in [1.54, 1.807) is 11.3 Å². The number of hydrogen-bond acceptors (Lipinski definition) is 4. The van der Waals surface area contributed by atoms with E-state index in [4.69, 9.17) is 0 Å². The van der Waals surface area contributed by atoms with E-state index >= 15 is 0 Å².